The third kappa shape index (κ3) is 4.09. The summed E-state index contributed by atoms with van der Waals surface area (Å²) in [7, 11) is -3.22. The van der Waals surface area contributed by atoms with E-state index in [1.807, 2.05) is 0 Å². The molecule has 0 radical (unpaired) electrons. The van der Waals surface area contributed by atoms with Crippen molar-refractivity contribution in [1.82, 2.24) is 4.98 Å². The fraction of sp³-hybridized carbons (Fsp3) is 0.500. The predicted octanol–water partition coefficient (Wildman–Crippen LogP) is 2.76. The first kappa shape index (κ1) is 14.1. The summed E-state index contributed by atoms with van der Waals surface area (Å²) in [6.45, 7) is 4.03. The van der Waals surface area contributed by atoms with Crippen LogP contribution in [0.4, 0.5) is 5.69 Å². The maximum absolute atomic E-state index is 12.2. The minimum atomic E-state index is -3.22. The molecule has 0 aliphatic carbocycles. The number of rotatable bonds is 7. The largest absolute Gasteiger partial charge is 0.761 e. The number of hydrogen-bond acceptors (Lipinski definition) is 6. The Morgan fingerprint density at radius 1 is 1.41 bits per heavy atom. The third-order valence-corrected chi connectivity index (χ3v) is 3.99. The zero-order valence-corrected chi connectivity index (χ0v) is 10.8. The van der Waals surface area contributed by atoms with Crippen LogP contribution in [0.3, 0.4) is 0 Å². The third-order valence-electron chi connectivity index (χ3n) is 2.00. The van der Waals surface area contributed by atoms with Gasteiger partial charge in [0.25, 0.3) is 0 Å². The molecule has 0 aliphatic heterocycles. The van der Waals surface area contributed by atoms with E-state index in [0.29, 0.717) is 5.69 Å². The zero-order chi connectivity index (χ0) is 12.7. The minimum absolute atomic E-state index is 0.0138. The van der Waals surface area contributed by atoms with E-state index in [9.17, 15) is 9.77 Å². The van der Waals surface area contributed by atoms with E-state index in [1.54, 1.807) is 31.5 Å². The summed E-state index contributed by atoms with van der Waals surface area (Å²) in [5.74, 6) is 0. The Morgan fingerprint density at radius 2 is 2.06 bits per heavy atom. The molecule has 1 heterocycles. The summed E-state index contributed by atoms with van der Waals surface area (Å²) in [5, 5.41) is 10.7. The first-order chi connectivity index (χ1) is 8.15. The highest BCUT2D eigenvalue weighted by Crippen LogP contribution is 2.51. The highest BCUT2D eigenvalue weighted by atomic mass is 31.2. The summed E-state index contributed by atoms with van der Waals surface area (Å²) >= 11 is 0. The number of nitrogens with one attached hydrogen (secondary N) is 1. The molecule has 0 bridgehead atoms. The fourth-order valence-corrected chi connectivity index (χ4v) is 3.03. The lowest BCUT2D eigenvalue weighted by Gasteiger charge is -2.19. The van der Waals surface area contributed by atoms with Gasteiger partial charge < -0.3 is 19.7 Å². The molecule has 7 heteroatoms. The lowest BCUT2D eigenvalue weighted by atomic mass is 10.3. The molecule has 0 saturated heterocycles. The van der Waals surface area contributed by atoms with Crippen molar-refractivity contribution in [2.75, 3.05) is 18.7 Å². The van der Waals surface area contributed by atoms with E-state index in [-0.39, 0.29) is 25.1 Å². The predicted molar refractivity (Wildman–Crippen MR) is 65.8 cm³/mol. The minimum Gasteiger partial charge on any atom is -0.761 e. The van der Waals surface area contributed by atoms with Crippen molar-refractivity contribution in [2.45, 2.75) is 20.0 Å². The van der Waals surface area contributed by atoms with Crippen molar-refractivity contribution in [2.24, 2.45) is 0 Å². The van der Waals surface area contributed by atoms with E-state index in [2.05, 4.69) is 4.98 Å². The van der Waals surface area contributed by atoms with Crippen molar-refractivity contribution in [3.05, 3.63) is 29.2 Å². The van der Waals surface area contributed by atoms with Gasteiger partial charge in [0.05, 0.1) is 25.1 Å². The second kappa shape index (κ2) is 6.71. The normalized spacial score (nSPS) is 11.5. The molecule has 0 atom stereocenters. The topological polar surface area (TPSA) is 83.5 Å². The molecule has 0 amide bonds. The highest BCUT2D eigenvalue weighted by Gasteiger charge is 2.25. The van der Waals surface area contributed by atoms with E-state index in [1.165, 1.54) is 6.20 Å². The monoisotopic (exact) mass is 259 g/mol. The summed E-state index contributed by atoms with van der Waals surface area (Å²) in [5.41, 5.74) is 2.42. The van der Waals surface area contributed by atoms with Crippen molar-refractivity contribution in [1.29, 1.82) is 0 Å². The van der Waals surface area contributed by atoms with Gasteiger partial charge in [-0.2, -0.15) is 0 Å². The standard InChI is InChI=1S/C10H16N2O4P/c1-3-15-17(14,16-4-2)8-10-9(12-13)6-5-7-11-10/h5-7,12H,3-4,8H2,1-2H3/q-1. The molecule has 0 unspecified atom stereocenters. The van der Waals surface area contributed by atoms with Crippen LogP contribution in [0.5, 0.6) is 0 Å². The van der Waals surface area contributed by atoms with Crippen molar-refractivity contribution in [3.63, 3.8) is 0 Å². The summed E-state index contributed by atoms with van der Waals surface area (Å²) in [6, 6.07) is 3.19. The van der Waals surface area contributed by atoms with Gasteiger partial charge in [0, 0.05) is 11.9 Å². The smallest absolute Gasteiger partial charge is 0.336 e. The van der Waals surface area contributed by atoms with Gasteiger partial charge >= 0.3 is 7.60 Å². The van der Waals surface area contributed by atoms with Crippen molar-refractivity contribution >= 4 is 13.3 Å². The van der Waals surface area contributed by atoms with E-state index < -0.39 is 7.60 Å². The van der Waals surface area contributed by atoms with Crippen LogP contribution in [0.15, 0.2) is 18.3 Å². The molecule has 0 spiro atoms. The Balaban J connectivity index is 2.89. The number of nitrogens with zero attached hydrogens (tertiary/aromatic N) is 1. The molecule has 1 N–H and O–H groups in total. The van der Waals surface area contributed by atoms with Crippen LogP contribution in [0.25, 0.3) is 0 Å². The van der Waals surface area contributed by atoms with E-state index in [4.69, 9.17) is 9.05 Å². The van der Waals surface area contributed by atoms with Crippen LogP contribution < -0.4 is 5.48 Å². The van der Waals surface area contributed by atoms with Crippen molar-refractivity contribution < 1.29 is 13.6 Å². The number of pyridine rings is 1. The van der Waals surface area contributed by atoms with Gasteiger partial charge in [0.15, 0.2) is 0 Å². The van der Waals surface area contributed by atoms with Gasteiger partial charge in [0.2, 0.25) is 0 Å². The number of hydrogen-bond donors (Lipinski definition) is 1. The first-order valence-corrected chi connectivity index (χ1v) is 7.08. The average molecular weight is 259 g/mol. The van der Waals surface area contributed by atoms with Gasteiger partial charge in [0.1, 0.15) is 0 Å². The summed E-state index contributed by atoms with van der Waals surface area (Å²) in [4.78, 5) is 4.00. The van der Waals surface area contributed by atoms with Crippen LogP contribution >= 0.6 is 7.60 Å². The molecule has 0 fully saturated rings. The molecule has 0 aromatic carbocycles. The Hall–Kier alpha value is -0.940. The number of aromatic nitrogens is 1. The van der Waals surface area contributed by atoms with Gasteiger partial charge in [-0.1, -0.05) is 0 Å². The van der Waals surface area contributed by atoms with Crippen LogP contribution in [-0.2, 0) is 19.8 Å². The van der Waals surface area contributed by atoms with Crippen LogP contribution in [-0.4, -0.2) is 18.2 Å². The lowest BCUT2D eigenvalue weighted by molar-refractivity contribution is 0.219. The van der Waals surface area contributed by atoms with Gasteiger partial charge in [-0.3, -0.25) is 9.55 Å². The molecule has 1 aromatic heterocycles. The summed E-state index contributed by atoms with van der Waals surface area (Å²) < 4.78 is 22.5. The molecule has 17 heavy (non-hydrogen) atoms. The van der Waals surface area contributed by atoms with Crippen molar-refractivity contribution in [3.8, 4) is 0 Å². The highest BCUT2D eigenvalue weighted by molar-refractivity contribution is 7.53. The Morgan fingerprint density at radius 3 is 2.59 bits per heavy atom. The molecular weight excluding hydrogens is 243 g/mol. The second-order valence-electron chi connectivity index (χ2n) is 3.20. The molecule has 96 valence electrons. The fourth-order valence-electron chi connectivity index (χ4n) is 1.36. The van der Waals surface area contributed by atoms with Gasteiger partial charge in [-0.05, 0) is 26.0 Å². The number of anilines is 1. The Kier molecular flexibility index (Phi) is 5.58. The lowest BCUT2D eigenvalue weighted by Crippen LogP contribution is -2.03. The van der Waals surface area contributed by atoms with Crippen LogP contribution in [0.1, 0.15) is 19.5 Å². The quantitative estimate of drug-likeness (QED) is 0.598. The molecule has 6 nitrogen and oxygen atoms in total. The maximum atomic E-state index is 12.2. The van der Waals surface area contributed by atoms with Gasteiger partial charge in [-0.15, -0.1) is 0 Å². The van der Waals surface area contributed by atoms with Gasteiger partial charge in [-0.25, -0.2) is 0 Å². The van der Waals surface area contributed by atoms with E-state index in [0.717, 1.165) is 0 Å². The first-order valence-electron chi connectivity index (χ1n) is 5.35. The molecule has 1 rings (SSSR count). The molecular formula is C10H16N2O4P-. The van der Waals surface area contributed by atoms with Crippen LogP contribution in [0.2, 0.25) is 0 Å². The second-order valence-corrected chi connectivity index (χ2v) is 5.26. The Labute approximate surface area is 100 Å². The SMILES string of the molecule is CCOP(=O)(Cc1ncccc1N[O-])OCC. The molecule has 1 aromatic rings. The Bertz CT molecular complexity index is 390. The molecule has 0 saturated carbocycles. The van der Waals surface area contributed by atoms with Crippen LogP contribution in [0, 0.1) is 5.21 Å². The maximum Gasteiger partial charge on any atom is 0.336 e. The van der Waals surface area contributed by atoms with E-state index >= 15 is 0 Å². The zero-order valence-electron chi connectivity index (χ0n) is 9.88. The summed E-state index contributed by atoms with van der Waals surface area (Å²) in [6.07, 6.45) is 1.51. The average Bonchev–Trinajstić information content (AvgIpc) is 2.30. The molecule has 0 aliphatic rings.